The molecule has 150 valence electrons. The summed E-state index contributed by atoms with van der Waals surface area (Å²) >= 11 is 0. The topological polar surface area (TPSA) is 87.2 Å². The fourth-order valence-corrected chi connectivity index (χ4v) is 3.65. The molecule has 7 nitrogen and oxygen atoms in total. The summed E-state index contributed by atoms with van der Waals surface area (Å²) in [4.78, 5) is 8.63. The van der Waals surface area contributed by atoms with Gasteiger partial charge >= 0.3 is 0 Å². The van der Waals surface area contributed by atoms with Crippen molar-refractivity contribution in [1.29, 1.82) is 0 Å². The first-order chi connectivity index (χ1) is 14.0. The maximum absolute atomic E-state index is 6.13. The van der Waals surface area contributed by atoms with E-state index >= 15 is 0 Å². The summed E-state index contributed by atoms with van der Waals surface area (Å²) in [6.07, 6.45) is 2.37. The van der Waals surface area contributed by atoms with Gasteiger partial charge in [-0.25, -0.2) is 4.98 Å². The molecule has 29 heavy (non-hydrogen) atoms. The van der Waals surface area contributed by atoms with Gasteiger partial charge in [-0.05, 0) is 31.5 Å². The van der Waals surface area contributed by atoms with E-state index in [9.17, 15) is 0 Å². The number of aromatic amines is 1. The molecule has 0 fully saturated rings. The highest BCUT2D eigenvalue weighted by Crippen LogP contribution is 2.39. The largest absolute Gasteiger partial charge is 0.487 e. The summed E-state index contributed by atoms with van der Waals surface area (Å²) in [5.74, 6) is 2.44. The number of nitrogens with one attached hydrogen (secondary N) is 3. The number of fused-ring (bicyclic) bond motifs is 1. The molecular weight excluding hydrogens is 364 g/mol. The Morgan fingerprint density at radius 1 is 1.24 bits per heavy atom. The van der Waals surface area contributed by atoms with Crippen LogP contribution in [0.4, 0.5) is 0 Å². The molecule has 0 bridgehead atoms. The molecule has 1 aromatic heterocycles. The van der Waals surface area contributed by atoms with Crippen molar-refractivity contribution in [2.75, 3.05) is 7.05 Å². The summed E-state index contributed by atoms with van der Waals surface area (Å²) < 4.78 is 6.13. The van der Waals surface area contributed by atoms with Crippen LogP contribution < -0.4 is 15.4 Å². The molecule has 0 spiro atoms. The summed E-state index contributed by atoms with van der Waals surface area (Å²) in [7, 11) is 1.79. The normalized spacial score (nSPS) is 17.9. The smallest absolute Gasteiger partial charge is 0.191 e. The highest BCUT2D eigenvalue weighted by molar-refractivity contribution is 5.80. The lowest BCUT2D eigenvalue weighted by atomic mass is 9.90. The van der Waals surface area contributed by atoms with Gasteiger partial charge in [-0.1, -0.05) is 36.4 Å². The Morgan fingerprint density at radius 3 is 2.90 bits per heavy atom. The molecule has 1 aliphatic heterocycles. The van der Waals surface area contributed by atoms with Crippen LogP contribution in [-0.2, 0) is 6.54 Å². The maximum atomic E-state index is 6.13. The quantitative estimate of drug-likeness (QED) is 0.469. The van der Waals surface area contributed by atoms with Crippen LogP contribution in [0.3, 0.4) is 0 Å². The number of hydrogen-bond acceptors (Lipinski definition) is 4. The van der Waals surface area contributed by atoms with Gasteiger partial charge in [0.1, 0.15) is 17.7 Å². The maximum Gasteiger partial charge on any atom is 0.191 e. The Labute approximate surface area is 170 Å². The Bertz CT molecular complexity index is 996. The molecule has 0 radical (unpaired) electrons. The second-order valence-electron chi connectivity index (χ2n) is 7.76. The van der Waals surface area contributed by atoms with Crippen molar-refractivity contribution in [2.24, 2.45) is 4.99 Å². The van der Waals surface area contributed by atoms with Crippen LogP contribution in [-0.4, -0.2) is 33.8 Å². The molecular formula is C22H26N6O. The number of aliphatic imine (C=N–C) groups is 1. The summed E-state index contributed by atoms with van der Waals surface area (Å²) in [5.41, 5.74) is 3.05. The molecule has 0 aliphatic carbocycles. The summed E-state index contributed by atoms with van der Waals surface area (Å²) in [5, 5.41) is 13.8. The van der Waals surface area contributed by atoms with Gasteiger partial charge in [-0.2, -0.15) is 5.10 Å². The Kier molecular flexibility index (Phi) is 5.20. The molecule has 3 N–H and O–H groups in total. The molecule has 4 rings (SSSR count). The van der Waals surface area contributed by atoms with Gasteiger partial charge in [0, 0.05) is 31.1 Å². The summed E-state index contributed by atoms with van der Waals surface area (Å²) in [6, 6.07) is 16.5. The number of H-pyrrole nitrogens is 1. The molecule has 1 unspecified atom stereocenters. The fourth-order valence-electron chi connectivity index (χ4n) is 3.65. The van der Waals surface area contributed by atoms with Crippen molar-refractivity contribution in [3.8, 4) is 17.1 Å². The minimum atomic E-state index is -0.240. The van der Waals surface area contributed by atoms with E-state index in [1.54, 1.807) is 7.05 Å². The molecule has 0 saturated heterocycles. The van der Waals surface area contributed by atoms with Gasteiger partial charge in [0.2, 0.25) is 0 Å². The second-order valence-corrected chi connectivity index (χ2v) is 7.76. The molecule has 7 heteroatoms. The average Bonchev–Trinajstić information content (AvgIpc) is 3.25. The van der Waals surface area contributed by atoms with Crippen LogP contribution in [0, 0.1) is 0 Å². The average molecular weight is 390 g/mol. The number of nitrogens with zero attached hydrogens (tertiary/aromatic N) is 3. The highest BCUT2D eigenvalue weighted by Gasteiger charge is 2.33. The van der Waals surface area contributed by atoms with Crippen molar-refractivity contribution in [1.82, 2.24) is 25.8 Å². The van der Waals surface area contributed by atoms with Gasteiger partial charge < -0.3 is 15.4 Å². The first-order valence-corrected chi connectivity index (χ1v) is 9.74. The zero-order valence-corrected chi connectivity index (χ0v) is 16.9. The van der Waals surface area contributed by atoms with E-state index < -0.39 is 0 Å². The third-order valence-electron chi connectivity index (χ3n) is 4.99. The minimum Gasteiger partial charge on any atom is -0.487 e. The molecule has 0 amide bonds. The fraction of sp³-hybridized carbons (Fsp3) is 0.318. The van der Waals surface area contributed by atoms with Crippen LogP contribution in [0.1, 0.15) is 37.4 Å². The first kappa shape index (κ1) is 19.0. The second kappa shape index (κ2) is 7.95. The monoisotopic (exact) mass is 390 g/mol. The van der Waals surface area contributed by atoms with Crippen molar-refractivity contribution >= 4 is 5.96 Å². The van der Waals surface area contributed by atoms with Gasteiger partial charge in [-0.15, -0.1) is 0 Å². The number of guanidine groups is 1. The van der Waals surface area contributed by atoms with E-state index in [-0.39, 0.29) is 11.6 Å². The zero-order valence-electron chi connectivity index (χ0n) is 16.9. The SMILES string of the molecule is CN=C(NCc1cccc(-c2ncn[nH]2)c1)NC1CC(C)(C)Oc2ccccc21. The van der Waals surface area contributed by atoms with E-state index in [1.165, 1.54) is 6.33 Å². The van der Waals surface area contributed by atoms with Crippen LogP contribution in [0.25, 0.3) is 11.4 Å². The van der Waals surface area contributed by atoms with Gasteiger partial charge in [-0.3, -0.25) is 10.1 Å². The zero-order chi connectivity index (χ0) is 20.3. The number of hydrogen-bond donors (Lipinski definition) is 3. The third kappa shape index (κ3) is 4.39. The lowest BCUT2D eigenvalue weighted by Gasteiger charge is -2.38. The molecule has 0 saturated carbocycles. The molecule has 2 aromatic carbocycles. The predicted octanol–water partition coefficient (Wildman–Crippen LogP) is 3.44. The highest BCUT2D eigenvalue weighted by atomic mass is 16.5. The number of aromatic nitrogens is 3. The predicted molar refractivity (Wildman–Crippen MR) is 114 cm³/mol. The van der Waals surface area contributed by atoms with Crippen molar-refractivity contribution < 1.29 is 4.74 Å². The van der Waals surface area contributed by atoms with Crippen molar-refractivity contribution in [3.63, 3.8) is 0 Å². The number of ether oxygens (including phenoxy) is 1. The third-order valence-corrected chi connectivity index (χ3v) is 4.99. The van der Waals surface area contributed by atoms with E-state index in [0.29, 0.717) is 6.54 Å². The van der Waals surface area contributed by atoms with Gasteiger partial charge in [0.05, 0.1) is 6.04 Å². The first-order valence-electron chi connectivity index (χ1n) is 9.74. The molecule has 1 atom stereocenters. The van der Waals surface area contributed by atoms with E-state index in [0.717, 1.165) is 40.6 Å². The van der Waals surface area contributed by atoms with E-state index in [2.05, 4.69) is 62.9 Å². The molecule has 3 aromatic rings. The van der Waals surface area contributed by atoms with Crippen LogP contribution >= 0.6 is 0 Å². The summed E-state index contributed by atoms with van der Waals surface area (Å²) in [6.45, 7) is 4.88. The van der Waals surface area contributed by atoms with Crippen molar-refractivity contribution in [3.05, 3.63) is 66.0 Å². The van der Waals surface area contributed by atoms with E-state index in [4.69, 9.17) is 4.74 Å². The Morgan fingerprint density at radius 2 is 2.10 bits per heavy atom. The molecule has 1 aliphatic rings. The minimum absolute atomic E-state index is 0.127. The lowest BCUT2D eigenvalue weighted by molar-refractivity contribution is 0.0694. The van der Waals surface area contributed by atoms with E-state index in [1.807, 2.05) is 30.3 Å². The lowest BCUT2D eigenvalue weighted by Crippen LogP contribution is -2.45. The van der Waals surface area contributed by atoms with Crippen LogP contribution in [0.2, 0.25) is 0 Å². The number of rotatable bonds is 4. The van der Waals surface area contributed by atoms with Gasteiger partial charge in [0.25, 0.3) is 0 Å². The van der Waals surface area contributed by atoms with Crippen LogP contribution in [0.15, 0.2) is 59.9 Å². The standard InChI is InChI=1S/C22H26N6O/c1-22(2)12-18(17-9-4-5-10-19(17)29-22)27-21(23-3)24-13-15-7-6-8-16(11-15)20-25-14-26-28-20/h4-11,14,18H,12-13H2,1-3H3,(H2,23,24,27)(H,25,26,28). The Hall–Kier alpha value is -3.35. The molecule has 2 heterocycles. The number of para-hydroxylation sites is 1. The van der Waals surface area contributed by atoms with Gasteiger partial charge in [0.15, 0.2) is 11.8 Å². The van der Waals surface area contributed by atoms with Crippen LogP contribution in [0.5, 0.6) is 5.75 Å². The number of benzene rings is 2. The van der Waals surface area contributed by atoms with Crippen molar-refractivity contribution in [2.45, 2.75) is 38.5 Å². The Balaban J connectivity index is 1.45.